The topological polar surface area (TPSA) is 141 Å². The lowest BCUT2D eigenvalue weighted by molar-refractivity contribution is -0.117. The second kappa shape index (κ2) is 6.23. The Bertz CT molecular complexity index is 472. The highest BCUT2D eigenvalue weighted by atomic mass is 16.2. The minimum atomic E-state index is -0.232. The van der Waals surface area contributed by atoms with Crippen LogP contribution in [0.3, 0.4) is 0 Å². The van der Waals surface area contributed by atoms with Crippen LogP contribution in [0.2, 0.25) is 0 Å². The van der Waals surface area contributed by atoms with Crippen molar-refractivity contribution >= 4 is 23.7 Å². The Morgan fingerprint density at radius 2 is 1.42 bits per heavy atom. The predicted molar refractivity (Wildman–Crippen MR) is 63.9 cm³/mol. The molecular weight excluding hydrogens is 252 g/mol. The Kier molecular flexibility index (Phi) is 4.16. The molecule has 0 saturated heterocycles. The molecule has 100 valence electrons. The van der Waals surface area contributed by atoms with E-state index in [1.54, 1.807) is 0 Å². The maximum Gasteiger partial charge on any atom is 0.226 e. The molecule has 2 rings (SSSR count). The lowest BCUT2D eigenvalue weighted by Crippen LogP contribution is -2.15. The molecule has 2 heterocycles. The van der Waals surface area contributed by atoms with Gasteiger partial charge in [-0.15, -0.1) is 0 Å². The van der Waals surface area contributed by atoms with E-state index < -0.39 is 0 Å². The number of carbonyl (C=O) groups is 2. The molecule has 2 aromatic rings. The molecule has 0 aliphatic rings. The second-order valence-electron chi connectivity index (χ2n) is 3.62. The van der Waals surface area contributed by atoms with E-state index in [0.717, 1.165) is 0 Å². The number of aromatic nitrogens is 6. The van der Waals surface area contributed by atoms with Crippen LogP contribution in [0, 0.1) is 0 Å². The van der Waals surface area contributed by atoms with Crippen molar-refractivity contribution in [3.05, 3.63) is 12.7 Å². The zero-order valence-corrected chi connectivity index (χ0v) is 9.88. The van der Waals surface area contributed by atoms with E-state index in [4.69, 9.17) is 0 Å². The van der Waals surface area contributed by atoms with Gasteiger partial charge in [0.15, 0.2) is 0 Å². The van der Waals surface area contributed by atoms with Gasteiger partial charge in [-0.05, 0) is 6.42 Å². The first-order valence-electron chi connectivity index (χ1n) is 5.54. The van der Waals surface area contributed by atoms with Crippen LogP contribution >= 0.6 is 0 Å². The van der Waals surface area contributed by atoms with Gasteiger partial charge in [0, 0.05) is 12.8 Å². The van der Waals surface area contributed by atoms with Crippen LogP contribution in [-0.4, -0.2) is 42.2 Å². The lowest BCUT2D eigenvalue weighted by Gasteiger charge is -2.02. The number of aromatic amines is 2. The number of rotatable bonds is 6. The largest absolute Gasteiger partial charge is 0.295 e. The van der Waals surface area contributed by atoms with Crippen molar-refractivity contribution in [1.29, 1.82) is 0 Å². The van der Waals surface area contributed by atoms with Crippen molar-refractivity contribution in [3.8, 4) is 0 Å². The van der Waals surface area contributed by atoms with Crippen LogP contribution < -0.4 is 10.6 Å². The van der Waals surface area contributed by atoms with E-state index in [0.29, 0.717) is 6.42 Å². The average Bonchev–Trinajstić information content (AvgIpc) is 3.02. The highest BCUT2D eigenvalue weighted by molar-refractivity contribution is 5.91. The molecule has 2 amide bonds. The summed E-state index contributed by atoms with van der Waals surface area (Å²) in [5.41, 5.74) is 0. The monoisotopic (exact) mass is 264 g/mol. The van der Waals surface area contributed by atoms with Crippen LogP contribution in [0.5, 0.6) is 0 Å². The fourth-order valence-corrected chi connectivity index (χ4v) is 1.33. The minimum Gasteiger partial charge on any atom is -0.295 e. The zero-order valence-electron chi connectivity index (χ0n) is 9.88. The number of hydrogen-bond acceptors (Lipinski definition) is 6. The molecule has 0 aliphatic carbocycles. The van der Waals surface area contributed by atoms with Gasteiger partial charge in [0.2, 0.25) is 23.7 Å². The summed E-state index contributed by atoms with van der Waals surface area (Å²) in [4.78, 5) is 30.4. The van der Waals surface area contributed by atoms with Crippen molar-refractivity contribution in [2.45, 2.75) is 19.3 Å². The normalized spacial score (nSPS) is 10.1. The van der Waals surface area contributed by atoms with Gasteiger partial charge < -0.3 is 0 Å². The van der Waals surface area contributed by atoms with Crippen LogP contribution in [0.4, 0.5) is 11.9 Å². The third-order valence-corrected chi connectivity index (χ3v) is 2.15. The third-order valence-electron chi connectivity index (χ3n) is 2.15. The lowest BCUT2D eigenvalue weighted by atomic mass is 10.2. The Morgan fingerprint density at radius 1 is 0.947 bits per heavy atom. The smallest absolute Gasteiger partial charge is 0.226 e. The SMILES string of the molecule is O=C(CCCC(=O)Nc1ncn[nH]1)Nc1ncn[nH]1. The molecule has 10 heteroatoms. The summed E-state index contributed by atoms with van der Waals surface area (Å²) in [5, 5.41) is 17.2. The van der Waals surface area contributed by atoms with E-state index in [9.17, 15) is 9.59 Å². The van der Waals surface area contributed by atoms with E-state index in [2.05, 4.69) is 41.0 Å². The average molecular weight is 264 g/mol. The number of nitrogens with zero attached hydrogens (tertiary/aromatic N) is 4. The summed E-state index contributed by atoms with van der Waals surface area (Å²) in [6.45, 7) is 0. The van der Waals surface area contributed by atoms with Crippen molar-refractivity contribution < 1.29 is 9.59 Å². The van der Waals surface area contributed by atoms with Gasteiger partial charge in [0.25, 0.3) is 0 Å². The maximum atomic E-state index is 11.4. The number of nitrogens with one attached hydrogen (secondary N) is 4. The zero-order chi connectivity index (χ0) is 13.5. The van der Waals surface area contributed by atoms with Crippen molar-refractivity contribution in [1.82, 2.24) is 30.4 Å². The maximum absolute atomic E-state index is 11.4. The molecule has 19 heavy (non-hydrogen) atoms. The predicted octanol–water partition coefficient (Wildman–Crippen LogP) is -0.330. The third kappa shape index (κ3) is 4.18. The molecule has 10 nitrogen and oxygen atoms in total. The summed E-state index contributed by atoms with van der Waals surface area (Å²) < 4.78 is 0. The molecule has 4 N–H and O–H groups in total. The van der Waals surface area contributed by atoms with Gasteiger partial charge in [-0.1, -0.05) is 0 Å². The number of H-pyrrole nitrogens is 2. The molecule has 0 fully saturated rings. The first-order chi connectivity index (χ1) is 9.24. The van der Waals surface area contributed by atoms with E-state index >= 15 is 0 Å². The van der Waals surface area contributed by atoms with E-state index in [1.807, 2.05) is 0 Å². The Labute approximate surface area is 107 Å². The molecule has 0 aromatic carbocycles. The Morgan fingerprint density at radius 3 is 1.79 bits per heavy atom. The summed E-state index contributed by atoms with van der Waals surface area (Å²) in [6.07, 6.45) is 3.43. The van der Waals surface area contributed by atoms with Gasteiger partial charge >= 0.3 is 0 Å². The molecule has 0 radical (unpaired) electrons. The molecule has 0 bridgehead atoms. The number of hydrogen-bond donors (Lipinski definition) is 4. The van der Waals surface area contributed by atoms with E-state index in [-0.39, 0.29) is 36.6 Å². The minimum absolute atomic E-state index is 0.213. The van der Waals surface area contributed by atoms with Gasteiger partial charge in [-0.2, -0.15) is 20.2 Å². The van der Waals surface area contributed by atoms with E-state index in [1.165, 1.54) is 12.7 Å². The Hall–Kier alpha value is -2.78. The van der Waals surface area contributed by atoms with Crippen LogP contribution in [0.1, 0.15) is 19.3 Å². The second-order valence-corrected chi connectivity index (χ2v) is 3.62. The highest BCUT2D eigenvalue weighted by Gasteiger charge is 2.07. The summed E-state index contributed by atoms with van der Waals surface area (Å²) in [6, 6.07) is 0. The van der Waals surface area contributed by atoms with Crippen LogP contribution in [-0.2, 0) is 9.59 Å². The number of carbonyl (C=O) groups excluding carboxylic acids is 2. The van der Waals surface area contributed by atoms with Gasteiger partial charge in [-0.25, -0.2) is 10.2 Å². The summed E-state index contributed by atoms with van der Waals surface area (Å²) >= 11 is 0. The molecule has 0 saturated carbocycles. The Balaban J connectivity index is 1.63. The highest BCUT2D eigenvalue weighted by Crippen LogP contribution is 2.02. The van der Waals surface area contributed by atoms with Crippen molar-refractivity contribution in [2.75, 3.05) is 10.6 Å². The fourth-order valence-electron chi connectivity index (χ4n) is 1.33. The summed E-state index contributed by atoms with van der Waals surface area (Å²) in [5.74, 6) is 0.112. The molecular formula is C9H12N8O2. The van der Waals surface area contributed by atoms with Crippen LogP contribution in [0.15, 0.2) is 12.7 Å². The van der Waals surface area contributed by atoms with Crippen molar-refractivity contribution in [2.24, 2.45) is 0 Å². The molecule has 0 aliphatic heterocycles. The molecule has 0 spiro atoms. The number of amides is 2. The van der Waals surface area contributed by atoms with Gasteiger partial charge in [0.1, 0.15) is 12.7 Å². The fraction of sp³-hybridized carbons (Fsp3) is 0.333. The quantitative estimate of drug-likeness (QED) is 0.563. The van der Waals surface area contributed by atoms with Crippen molar-refractivity contribution in [3.63, 3.8) is 0 Å². The van der Waals surface area contributed by atoms with Crippen LogP contribution in [0.25, 0.3) is 0 Å². The van der Waals surface area contributed by atoms with Gasteiger partial charge in [0.05, 0.1) is 0 Å². The first-order valence-corrected chi connectivity index (χ1v) is 5.54. The van der Waals surface area contributed by atoms with Gasteiger partial charge in [-0.3, -0.25) is 20.2 Å². The molecule has 0 unspecified atom stereocenters. The first kappa shape index (κ1) is 12.7. The molecule has 2 aromatic heterocycles. The number of anilines is 2. The summed E-state index contributed by atoms with van der Waals surface area (Å²) in [7, 11) is 0. The standard InChI is InChI=1S/C9H12N8O2/c18-6(14-8-10-4-12-16-8)2-1-3-7(19)15-9-11-5-13-17-9/h4-5H,1-3H2,(H2,10,12,14,16,18)(H2,11,13,15,17,19). The molecule has 0 atom stereocenters.